The lowest BCUT2D eigenvalue weighted by Gasteiger charge is -1.93. The average Bonchev–Trinajstić information content (AvgIpc) is 1.85. The third-order valence-corrected chi connectivity index (χ3v) is 1.43. The largest absolute Gasteiger partial charge is 0.314 e. The Kier molecular flexibility index (Phi) is 5.45. The Morgan fingerprint density at radius 2 is 1.80 bits per heavy atom. The Morgan fingerprint density at radius 3 is 2.20 bits per heavy atom. The SMILES string of the molecule is COS/C(C)=C/C=C(C)C. The highest BCUT2D eigenvalue weighted by atomic mass is 32.2. The molecule has 0 bridgehead atoms. The van der Waals surface area contributed by atoms with Crippen molar-refractivity contribution < 1.29 is 4.18 Å². The summed E-state index contributed by atoms with van der Waals surface area (Å²) in [5, 5.41) is 0. The minimum absolute atomic E-state index is 1.17. The molecule has 0 amide bonds. The summed E-state index contributed by atoms with van der Waals surface area (Å²) < 4.78 is 4.86. The van der Waals surface area contributed by atoms with Gasteiger partial charge in [0.25, 0.3) is 0 Å². The summed E-state index contributed by atoms with van der Waals surface area (Å²) in [5.41, 5.74) is 1.30. The normalized spacial score (nSPS) is 11.4. The van der Waals surface area contributed by atoms with Gasteiger partial charge in [0.2, 0.25) is 0 Å². The quantitative estimate of drug-likeness (QED) is 0.461. The number of hydrogen-bond acceptors (Lipinski definition) is 2. The molecule has 2 heteroatoms. The van der Waals surface area contributed by atoms with Crippen molar-refractivity contribution in [1.29, 1.82) is 0 Å². The molecule has 1 nitrogen and oxygen atoms in total. The van der Waals surface area contributed by atoms with Crippen molar-refractivity contribution in [2.45, 2.75) is 20.8 Å². The molecule has 58 valence electrons. The van der Waals surface area contributed by atoms with Crippen LogP contribution in [0.4, 0.5) is 0 Å². The van der Waals surface area contributed by atoms with E-state index in [1.165, 1.54) is 22.5 Å². The first-order chi connectivity index (χ1) is 4.66. The van der Waals surface area contributed by atoms with Gasteiger partial charge in [0.05, 0.1) is 7.11 Å². The monoisotopic (exact) mass is 158 g/mol. The topological polar surface area (TPSA) is 9.23 Å². The van der Waals surface area contributed by atoms with E-state index in [-0.39, 0.29) is 0 Å². The Labute approximate surface area is 67.4 Å². The first-order valence-electron chi connectivity index (χ1n) is 3.19. The maximum Gasteiger partial charge on any atom is 0.0508 e. The van der Waals surface area contributed by atoms with Crippen molar-refractivity contribution in [1.82, 2.24) is 0 Å². The van der Waals surface area contributed by atoms with Gasteiger partial charge in [-0.15, -0.1) is 0 Å². The van der Waals surface area contributed by atoms with Crippen LogP contribution in [0.1, 0.15) is 20.8 Å². The Balaban J connectivity index is 3.79. The summed E-state index contributed by atoms with van der Waals surface area (Å²) in [4.78, 5) is 1.17. The summed E-state index contributed by atoms with van der Waals surface area (Å²) in [6, 6.07) is 0. The maximum atomic E-state index is 4.86. The molecule has 0 atom stereocenters. The fourth-order valence-corrected chi connectivity index (χ4v) is 0.830. The molecular weight excluding hydrogens is 144 g/mol. The van der Waals surface area contributed by atoms with Crippen molar-refractivity contribution in [3.05, 3.63) is 22.6 Å². The summed E-state index contributed by atoms with van der Waals surface area (Å²) in [7, 11) is 1.67. The number of allylic oxidation sites excluding steroid dienone is 4. The Morgan fingerprint density at radius 1 is 1.20 bits per heavy atom. The van der Waals surface area contributed by atoms with E-state index in [1.807, 2.05) is 13.0 Å². The van der Waals surface area contributed by atoms with Gasteiger partial charge in [-0.3, -0.25) is 0 Å². The highest BCUT2D eigenvalue weighted by Crippen LogP contribution is 2.14. The van der Waals surface area contributed by atoms with Crippen LogP contribution in [0.25, 0.3) is 0 Å². The summed E-state index contributed by atoms with van der Waals surface area (Å²) in [6.45, 7) is 6.16. The van der Waals surface area contributed by atoms with Gasteiger partial charge in [-0.1, -0.05) is 17.7 Å². The molecule has 0 aliphatic heterocycles. The van der Waals surface area contributed by atoms with E-state index >= 15 is 0 Å². The molecular formula is C8H14OS. The molecule has 0 aromatic rings. The van der Waals surface area contributed by atoms with Crippen molar-refractivity contribution in [2.24, 2.45) is 0 Å². The summed E-state index contributed by atoms with van der Waals surface area (Å²) >= 11 is 1.39. The second kappa shape index (κ2) is 5.57. The molecule has 0 rings (SSSR count). The molecule has 0 saturated heterocycles. The summed E-state index contributed by atoms with van der Waals surface area (Å²) in [5.74, 6) is 0. The molecule has 0 N–H and O–H groups in total. The standard InChI is InChI=1S/C8H14OS/c1-7(2)5-6-8(3)10-9-4/h5-6H,1-4H3/b8-6+. The van der Waals surface area contributed by atoms with Crippen LogP contribution in [0.15, 0.2) is 22.6 Å². The van der Waals surface area contributed by atoms with Crippen molar-refractivity contribution in [2.75, 3.05) is 7.11 Å². The molecule has 0 aromatic heterocycles. The molecule has 0 radical (unpaired) electrons. The Bertz CT molecular complexity index is 143. The molecule has 0 saturated carbocycles. The minimum atomic E-state index is 1.17. The summed E-state index contributed by atoms with van der Waals surface area (Å²) in [6.07, 6.45) is 4.12. The Hall–Kier alpha value is -0.210. The van der Waals surface area contributed by atoms with Gasteiger partial charge in [0, 0.05) is 16.9 Å². The van der Waals surface area contributed by atoms with Gasteiger partial charge < -0.3 is 4.18 Å². The van der Waals surface area contributed by atoms with E-state index in [4.69, 9.17) is 4.18 Å². The van der Waals surface area contributed by atoms with Gasteiger partial charge in [-0.2, -0.15) is 0 Å². The molecule has 0 aliphatic carbocycles. The van der Waals surface area contributed by atoms with Gasteiger partial charge in [0.1, 0.15) is 0 Å². The van der Waals surface area contributed by atoms with Crippen LogP contribution in [0.5, 0.6) is 0 Å². The zero-order valence-electron chi connectivity index (χ0n) is 6.97. The van der Waals surface area contributed by atoms with E-state index in [0.717, 1.165) is 0 Å². The lowest BCUT2D eigenvalue weighted by Crippen LogP contribution is -1.68. The number of hydrogen-bond donors (Lipinski definition) is 0. The predicted molar refractivity (Wildman–Crippen MR) is 47.8 cm³/mol. The molecule has 0 aromatic carbocycles. The van der Waals surface area contributed by atoms with E-state index < -0.39 is 0 Å². The maximum absolute atomic E-state index is 4.86. The van der Waals surface area contributed by atoms with Crippen molar-refractivity contribution in [3.8, 4) is 0 Å². The van der Waals surface area contributed by atoms with Crippen LogP contribution in [0.2, 0.25) is 0 Å². The van der Waals surface area contributed by atoms with E-state index in [2.05, 4.69) is 19.9 Å². The molecule has 0 spiro atoms. The predicted octanol–water partition coefficient (Wildman–Crippen LogP) is 3.15. The van der Waals surface area contributed by atoms with Crippen LogP contribution in [0.3, 0.4) is 0 Å². The number of rotatable bonds is 3. The van der Waals surface area contributed by atoms with Gasteiger partial charge in [-0.05, 0) is 20.8 Å². The fourth-order valence-electron chi connectivity index (χ4n) is 0.443. The highest BCUT2D eigenvalue weighted by molar-refractivity contribution is 7.98. The van der Waals surface area contributed by atoms with Crippen molar-refractivity contribution >= 4 is 12.0 Å². The van der Waals surface area contributed by atoms with Crippen LogP contribution in [0, 0.1) is 0 Å². The minimum Gasteiger partial charge on any atom is -0.314 e. The third kappa shape index (κ3) is 5.92. The first-order valence-corrected chi connectivity index (χ1v) is 3.93. The molecule has 0 unspecified atom stereocenters. The fraction of sp³-hybridized carbons (Fsp3) is 0.500. The molecule has 0 heterocycles. The molecule has 0 aliphatic rings. The van der Waals surface area contributed by atoms with Crippen LogP contribution in [-0.2, 0) is 4.18 Å². The van der Waals surface area contributed by atoms with Crippen LogP contribution < -0.4 is 0 Å². The second-order valence-electron chi connectivity index (χ2n) is 2.27. The molecule has 0 fully saturated rings. The smallest absolute Gasteiger partial charge is 0.0508 e. The third-order valence-electron chi connectivity index (χ3n) is 0.866. The molecule has 10 heavy (non-hydrogen) atoms. The van der Waals surface area contributed by atoms with Gasteiger partial charge in [-0.25, -0.2) is 0 Å². The highest BCUT2D eigenvalue weighted by Gasteiger charge is 1.84. The van der Waals surface area contributed by atoms with Crippen LogP contribution >= 0.6 is 12.0 Å². The van der Waals surface area contributed by atoms with Crippen molar-refractivity contribution in [3.63, 3.8) is 0 Å². The van der Waals surface area contributed by atoms with Gasteiger partial charge in [0.15, 0.2) is 0 Å². The van der Waals surface area contributed by atoms with Crippen LogP contribution in [-0.4, -0.2) is 7.11 Å². The van der Waals surface area contributed by atoms with E-state index in [0.29, 0.717) is 0 Å². The van der Waals surface area contributed by atoms with Gasteiger partial charge >= 0.3 is 0 Å². The lowest BCUT2D eigenvalue weighted by atomic mass is 10.3. The van der Waals surface area contributed by atoms with E-state index in [9.17, 15) is 0 Å². The average molecular weight is 158 g/mol. The second-order valence-corrected chi connectivity index (χ2v) is 3.42. The zero-order valence-corrected chi connectivity index (χ0v) is 7.79. The zero-order chi connectivity index (χ0) is 7.98. The first kappa shape index (κ1) is 9.79. The lowest BCUT2D eigenvalue weighted by molar-refractivity contribution is 0.493. The van der Waals surface area contributed by atoms with E-state index in [1.54, 1.807) is 7.11 Å².